The highest BCUT2D eigenvalue weighted by Crippen LogP contribution is 2.12. The van der Waals surface area contributed by atoms with Gasteiger partial charge in [-0.25, -0.2) is 8.78 Å². The Morgan fingerprint density at radius 2 is 1.86 bits per heavy atom. The molecular weight excluding hydrogens is 186 g/mol. The Labute approximate surface area is 84.7 Å². The number of nitrogens with zero attached hydrogens (tertiary/aromatic N) is 1. The van der Waals surface area contributed by atoms with Crippen LogP contribution in [0, 0.1) is 0 Å². The minimum atomic E-state index is -2.19. The topological polar surface area (TPSA) is 15.3 Å². The molecule has 0 spiro atoms. The molecule has 84 valence electrons. The lowest BCUT2D eigenvalue weighted by atomic mass is 10.0. The van der Waals surface area contributed by atoms with Crippen molar-refractivity contribution in [1.82, 2.24) is 10.2 Å². The van der Waals surface area contributed by atoms with Crippen LogP contribution in [0.2, 0.25) is 0 Å². The summed E-state index contributed by atoms with van der Waals surface area (Å²) >= 11 is 0. The van der Waals surface area contributed by atoms with E-state index in [1.165, 1.54) is 0 Å². The molecule has 2 nitrogen and oxygen atoms in total. The van der Waals surface area contributed by atoms with Crippen LogP contribution in [-0.4, -0.2) is 43.0 Å². The largest absolute Gasteiger partial charge is 0.312 e. The minimum absolute atomic E-state index is 0.0611. The summed E-state index contributed by atoms with van der Waals surface area (Å²) in [6.07, 6.45) is -0.208. The molecule has 0 unspecified atom stereocenters. The van der Waals surface area contributed by atoms with Crippen LogP contribution < -0.4 is 5.32 Å². The quantitative estimate of drug-likeness (QED) is 0.753. The zero-order valence-corrected chi connectivity index (χ0v) is 8.97. The lowest BCUT2D eigenvalue weighted by molar-refractivity contribution is 0.0724. The van der Waals surface area contributed by atoms with Gasteiger partial charge in [-0.15, -0.1) is 0 Å². The predicted octanol–water partition coefficient (Wildman–Crippen LogP) is 1.71. The molecule has 0 aromatic heterocycles. The maximum absolute atomic E-state index is 12.1. The zero-order valence-electron chi connectivity index (χ0n) is 8.97. The fourth-order valence-corrected chi connectivity index (χ4v) is 1.95. The first-order valence-electron chi connectivity index (χ1n) is 5.34. The van der Waals surface area contributed by atoms with Crippen LogP contribution in [-0.2, 0) is 0 Å². The maximum atomic E-state index is 12.1. The summed E-state index contributed by atoms with van der Waals surface area (Å²) < 4.78 is 24.1. The van der Waals surface area contributed by atoms with Crippen molar-refractivity contribution in [2.75, 3.05) is 19.6 Å². The van der Waals surface area contributed by atoms with Gasteiger partial charge < -0.3 is 5.32 Å². The zero-order chi connectivity index (χ0) is 10.6. The van der Waals surface area contributed by atoms with Crippen molar-refractivity contribution >= 4 is 0 Å². The summed E-state index contributed by atoms with van der Waals surface area (Å²) in [5.74, 6) is 0. The van der Waals surface area contributed by atoms with Gasteiger partial charge in [-0.2, -0.15) is 0 Å². The van der Waals surface area contributed by atoms with E-state index in [2.05, 4.69) is 19.2 Å². The molecule has 1 fully saturated rings. The van der Waals surface area contributed by atoms with Gasteiger partial charge in [0, 0.05) is 12.1 Å². The fourth-order valence-electron chi connectivity index (χ4n) is 1.95. The predicted molar refractivity (Wildman–Crippen MR) is 53.7 cm³/mol. The van der Waals surface area contributed by atoms with Crippen molar-refractivity contribution in [3.8, 4) is 0 Å². The van der Waals surface area contributed by atoms with Crippen LogP contribution in [0.3, 0.4) is 0 Å². The third-order valence-corrected chi connectivity index (χ3v) is 2.55. The Morgan fingerprint density at radius 1 is 1.29 bits per heavy atom. The van der Waals surface area contributed by atoms with Crippen molar-refractivity contribution in [2.24, 2.45) is 0 Å². The third-order valence-electron chi connectivity index (χ3n) is 2.55. The highest BCUT2D eigenvalue weighted by Gasteiger charge is 2.21. The molecule has 0 saturated carbocycles. The monoisotopic (exact) mass is 206 g/mol. The third kappa shape index (κ3) is 4.33. The number of alkyl halides is 2. The molecule has 1 saturated heterocycles. The summed E-state index contributed by atoms with van der Waals surface area (Å²) in [5.41, 5.74) is 0. The second-order valence-corrected chi connectivity index (χ2v) is 4.29. The molecule has 0 aliphatic carbocycles. The molecule has 0 radical (unpaired) electrons. The van der Waals surface area contributed by atoms with Crippen LogP contribution in [0.25, 0.3) is 0 Å². The average Bonchev–Trinajstić information content (AvgIpc) is 2.06. The summed E-state index contributed by atoms with van der Waals surface area (Å²) in [4.78, 5) is 1.85. The molecular formula is C10H20F2N2. The summed E-state index contributed by atoms with van der Waals surface area (Å²) in [6, 6.07) is 1.01. The van der Waals surface area contributed by atoms with Gasteiger partial charge in [0.2, 0.25) is 0 Å². The standard InChI is InChI=1S/C10H20F2N2/c1-8(2)13-9-3-5-14(6-4-9)7-10(11)12/h8-10,13H,3-7H2,1-2H3. The van der Waals surface area contributed by atoms with Gasteiger partial charge in [0.1, 0.15) is 0 Å². The van der Waals surface area contributed by atoms with E-state index in [0.29, 0.717) is 12.1 Å². The first-order valence-corrected chi connectivity index (χ1v) is 5.34. The SMILES string of the molecule is CC(C)NC1CCN(CC(F)F)CC1. The van der Waals surface area contributed by atoms with Crippen LogP contribution in [0.4, 0.5) is 8.78 Å². The number of halogens is 2. The molecule has 1 rings (SSSR count). The van der Waals surface area contributed by atoms with Crippen molar-refractivity contribution < 1.29 is 8.78 Å². The molecule has 0 aromatic rings. The van der Waals surface area contributed by atoms with Crippen LogP contribution in [0.15, 0.2) is 0 Å². The Bertz CT molecular complexity index is 136. The fraction of sp³-hybridized carbons (Fsp3) is 1.00. The number of rotatable bonds is 4. The van der Waals surface area contributed by atoms with Crippen molar-refractivity contribution in [3.63, 3.8) is 0 Å². The van der Waals surface area contributed by atoms with Gasteiger partial charge in [0.25, 0.3) is 6.43 Å². The van der Waals surface area contributed by atoms with Crippen molar-refractivity contribution in [1.29, 1.82) is 0 Å². The second-order valence-electron chi connectivity index (χ2n) is 4.29. The van der Waals surface area contributed by atoms with E-state index >= 15 is 0 Å². The van der Waals surface area contributed by atoms with Crippen LogP contribution >= 0.6 is 0 Å². The molecule has 0 aromatic carbocycles. The van der Waals surface area contributed by atoms with Crippen molar-refractivity contribution in [3.05, 3.63) is 0 Å². The Hall–Kier alpha value is -0.220. The van der Waals surface area contributed by atoms with E-state index in [1.54, 1.807) is 0 Å². The lowest BCUT2D eigenvalue weighted by Crippen LogP contribution is -2.45. The van der Waals surface area contributed by atoms with Crippen LogP contribution in [0.5, 0.6) is 0 Å². The van der Waals surface area contributed by atoms with Gasteiger partial charge in [0.15, 0.2) is 0 Å². The summed E-state index contributed by atoms with van der Waals surface area (Å²) in [6.45, 7) is 5.77. The van der Waals surface area contributed by atoms with E-state index in [0.717, 1.165) is 25.9 Å². The lowest BCUT2D eigenvalue weighted by Gasteiger charge is -2.33. The molecule has 0 bridgehead atoms. The van der Waals surface area contributed by atoms with E-state index in [-0.39, 0.29) is 6.54 Å². The molecule has 0 amide bonds. The molecule has 4 heteroatoms. The van der Waals surface area contributed by atoms with Gasteiger partial charge in [0.05, 0.1) is 6.54 Å². The van der Waals surface area contributed by atoms with E-state index < -0.39 is 6.43 Å². The van der Waals surface area contributed by atoms with Gasteiger partial charge in [-0.1, -0.05) is 13.8 Å². The Morgan fingerprint density at radius 3 is 2.29 bits per heavy atom. The van der Waals surface area contributed by atoms with Crippen LogP contribution in [0.1, 0.15) is 26.7 Å². The Kier molecular flexibility index (Phi) is 4.75. The smallest absolute Gasteiger partial charge is 0.251 e. The average molecular weight is 206 g/mol. The normalized spacial score (nSPS) is 21.0. The number of nitrogens with one attached hydrogen (secondary N) is 1. The molecule has 0 atom stereocenters. The maximum Gasteiger partial charge on any atom is 0.251 e. The minimum Gasteiger partial charge on any atom is -0.312 e. The molecule has 1 heterocycles. The van der Waals surface area contributed by atoms with Gasteiger partial charge in [-0.3, -0.25) is 4.90 Å². The number of likely N-dealkylation sites (tertiary alicyclic amines) is 1. The highest BCUT2D eigenvalue weighted by molar-refractivity contribution is 4.78. The summed E-state index contributed by atoms with van der Waals surface area (Å²) in [5, 5.41) is 3.44. The number of hydrogen-bond acceptors (Lipinski definition) is 2. The van der Waals surface area contributed by atoms with E-state index in [4.69, 9.17) is 0 Å². The molecule has 1 aliphatic rings. The van der Waals surface area contributed by atoms with Crippen molar-refractivity contribution in [2.45, 2.75) is 45.2 Å². The molecule has 1 aliphatic heterocycles. The number of hydrogen-bond donors (Lipinski definition) is 1. The van der Waals surface area contributed by atoms with Gasteiger partial charge >= 0.3 is 0 Å². The summed E-state index contributed by atoms with van der Waals surface area (Å²) in [7, 11) is 0. The molecule has 14 heavy (non-hydrogen) atoms. The molecule has 1 N–H and O–H groups in total. The number of piperidine rings is 1. The first kappa shape index (κ1) is 11.9. The van der Waals surface area contributed by atoms with E-state index in [1.807, 2.05) is 4.90 Å². The first-order chi connectivity index (χ1) is 6.58. The second kappa shape index (κ2) is 5.61. The van der Waals surface area contributed by atoms with Gasteiger partial charge in [-0.05, 0) is 25.9 Å². The highest BCUT2D eigenvalue weighted by atomic mass is 19.3. The Balaban J connectivity index is 2.17. The van der Waals surface area contributed by atoms with E-state index in [9.17, 15) is 8.78 Å².